The van der Waals surface area contributed by atoms with Crippen LogP contribution < -0.4 is 11.5 Å². The van der Waals surface area contributed by atoms with Crippen LogP contribution in [0.3, 0.4) is 0 Å². The van der Waals surface area contributed by atoms with E-state index in [9.17, 15) is 4.79 Å². The van der Waals surface area contributed by atoms with Crippen LogP contribution in [-0.2, 0) is 4.79 Å². The van der Waals surface area contributed by atoms with Gasteiger partial charge in [0.15, 0.2) is 0 Å². The van der Waals surface area contributed by atoms with Crippen molar-refractivity contribution in [1.29, 1.82) is 0 Å². The number of rotatable bonds is 6. The highest BCUT2D eigenvalue weighted by molar-refractivity contribution is 7.99. The second-order valence-electron chi connectivity index (χ2n) is 5.22. The Morgan fingerprint density at radius 1 is 1.53 bits per heavy atom. The summed E-state index contributed by atoms with van der Waals surface area (Å²) in [5, 5.41) is 12.6. The molecule has 8 heteroatoms. The van der Waals surface area contributed by atoms with Gasteiger partial charge in [-0.1, -0.05) is 24.6 Å². The first-order chi connectivity index (χ1) is 9.00. The molecule has 1 aliphatic rings. The summed E-state index contributed by atoms with van der Waals surface area (Å²) >= 11 is 1.52. The van der Waals surface area contributed by atoms with Crippen molar-refractivity contribution in [2.75, 3.05) is 5.75 Å². The molecule has 1 fully saturated rings. The molecular weight excluding hydrogens is 264 g/mol. The van der Waals surface area contributed by atoms with E-state index in [1.54, 1.807) is 6.92 Å². The lowest BCUT2D eigenvalue weighted by Crippen LogP contribution is -2.49. The van der Waals surface area contributed by atoms with Crippen molar-refractivity contribution in [3.63, 3.8) is 0 Å². The van der Waals surface area contributed by atoms with Crippen molar-refractivity contribution >= 4 is 17.7 Å². The van der Waals surface area contributed by atoms with Gasteiger partial charge in [0.1, 0.15) is 0 Å². The maximum Gasteiger partial charge on any atom is 0.237 e. The third kappa shape index (κ3) is 3.44. The highest BCUT2D eigenvalue weighted by atomic mass is 32.2. The molecule has 1 unspecified atom stereocenters. The summed E-state index contributed by atoms with van der Waals surface area (Å²) in [6, 6.07) is 0.415. The van der Waals surface area contributed by atoms with Gasteiger partial charge in [0.05, 0.1) is 11.6 Å². The van der Waals surface area contributed by atoms with Crippen molar-refractivity contribution in [1.82, 2.24) is 20.2 Å². The van der Waals surface area contributed by atoms with Crippen LogP contribution in [0.2, 0.25) is 0 Å². The van der Waals surface area contributed by atoms with Crippen molar-refractivity contribution in [3.05, 3.63) is 0 Å². The average molecular weight is 284 g/mol. The third-order valence-electron chi connectivity index (χ3n) is 3.55. The number of amides is 1. The Kier molecular flexibility index (Phi) is 4.41. The standard InChI is InChI=1S/C11H20N6OS/c1-11(13,9(12)18)6-7-19-10-14-15-16-17(10)8-4-2-3-5-8/h8H,2-7,13H2,1H3,(H2,12,18). The first-order valence-corrected chi connectivity index (χ1v) is 7.49. The van der Waals surface area contributed by atoms with Crippen LogP contribution in [0.5, 0.6) is 0 Å². The molecule has 1 aliphatic carbocycles. The fourth-order valence-electron chi connectivity index (χ4n) is 2.14. The highest BCUT2D eigenvalue weighted by Gasteiger charge is 2.26. The molecule has 1 aromatic rings. The van der Waals surface area contributed by atoms with Gasteiger partial charge in [0, 0.05) is 5.75 Å². The lowest BCUT2D eigenvalue weighted by molar-refractivity contribution is -0.122. The normalized spacial score (nSPS) is 19.5. The molecule has 2 rings (SSSR count). The van der Waals surface area contributed by atoms with Crippen LogP contribution in [0.1, 0.15) is 45.1 Å². The molecule has 19 heavy (non-hydrogen) atoms. The minimum Gasteiger partial charge on any atom is -0.368 e. The van der Waals surface area contributed by atoms with Gasteiger partial charge in [0.25, 0.3) is 0 Å². The Bertz CT molecular complexity index is 440. The van der Waals surface area contributed by atoms with E-state index in [1.807, 2.05) is 4.68 Å². The Labute approximate surface area is 116 Å². The number of primary amides is 1. The van der Waals surface area contributed by atoms with Crippen molar-refractivity contribution < 1.29 is 4.79 Å². The largest absolute Gasteiger partial charge is 0.368 e. The van der Waals surface area contributed by atoms with E-state index in [2.05, 4.69) is 15.5 Å². The number of tetrazole rings is 1. The summed E-state index contributed by atoms with van der Waals surface area (Å²) in [6.07, 6.45) is 5.24. The Hall–Kier alpha value is -1.15. The maximum atomic E-state index is 11.1. The number of hydrogen-bond donors (Lipinski definition) is 2. The lowest BCUT2D eigenvalue weighted by atomic mass is 10.0. The zero-order valence-electron chi connectivity index (χ0n) is 11.1. The monoisotopic (exact) mass is 284 g/mol. The zero-order chi connectivity index (χ0) is 13.9. The quantitative estimate of drug-likeness (QED) is 0.734. The molecule has 0 aliphatic heterocycles. The van der Waals surface area contributed by atoms with Gasteiger partial charge in [0.2, 0.25) is 11.1 Å². The van der Waals surface area contributed by atoms with Crippen LogP contribution in [0.4, 0.5) is 0 Å². The fourth-order valence-corrected chi connectivity index (χ4v) is 3.26. The smallest absolute Gasteiger partial charge is 0.237 e. The molecule has 106 valence electrons. The summed E-state index contributed by atoms with van der Waals surface area (Å²) in [7, 11) is 0. The topological polar surface area (TPSA) is 113 Å². The zero-order valence-corrected chi connectivity index (χ0v) is 11.9. The summed E-state index contributed by atoms with van der Waals surface area (Å²) in [6.45, 7) is 1.65. The van der Waals surface area contributed by atoms with Gasteiger partial charge >= 0.3 is 0 Å². The van der Waals surface area contributed by atoms with Crippen molar-refractivity contribution in [3.8, 4) is 0 Å². The van der Waals surface area contributed by atoms with E-state index in [0.29, 0.717) is 18.2 Å². The SMILES string of the molecule is CC(N)(CCSc1nnnn1C1CCCC1)C(N)=O. The molecule has 1 saturated carbocycles. The average Bonchev–Trinajstić information content (AvgIpc) is 2.97. The van der Waals surface area contributed by atoms with E-state index < -0.39 is 11.4 Å². The van der Waals surface area contributed by atoms with E-state index in [0.717, 1.165) is 18.0 Å². The minimum atomic E-state index is -0.974. The fraction of sp³-hybridized carbons (Fsp3) is 0.818. The second kappa shape index (κ2) is 5.87. The molecule has 1 heterocycles. The van der Waals surface area contributed by atoms with Crippen LogP contribution >= 0.6 is 11.8 Å². The van der Waals surface area contributed by atoms with Gasteiger partial charge in [-0.2, -0.15) is 0 Å². The molecule has 1 atom stereocenters. The van der Waals surface area contributed by atoms with Gasteiger partial charge in [-0.25, -0.2) is 4.68 Å². The van der Waals surface area contributed by atoms with E-state index in [1.165, 1.54) is 24.6 Å². The molecule has 4 N–H and O–H groups in total. The third-order valence-corrected chi connectivity index (χ3v) is 4.48. The first-order valence-electron chi connectivity index (χ1n) is 6.50. The van der Waals surface area contributed by atoms with E-state index >= 15 is 0 Å². The number of nitrogens with two attached hydrogens (primary N) is 2. The van der Waals surface area contributed by atoms with Gasteiger partial charge in [-0.15, -0.1) is 5.10 Å². The lowest BCUT2D eigenvalue weighted by Gasteiger charge is -2.19. The van der Waals surface area contributed by atoms with Gasteiger partial charge in [-0.05, 0) is 36.6 Å². The molecule has 0 saturated heterocycles. The molecular formula is C11H20N6OS. The Morgan fingerprint density at radius 3 is 2.84 bits per heavy atom. The van der Waals surface area contributed by atoms with Crippen molar-refractivity contribution in [2.45, 2.75) is 55.8 Å². The molecule has 0 aromatic carbocycles. The maximum absolute atomic E-state index is 11.1. The van der Waals surface area contributed by atoms with Gasteiger partial charge < -0.3 is 11.5 Å². The molecule has 7 nitrogen and oxygen atoms in total. The number of carbonyl (C=O) groups is 1. The second-order valence-corrected chi connectivity index (χ2v) is 6.29. The predicted molar refractivity (Wildman–Crippen MR) is 72.4 cm³/mol. The summed E-state index contributed by atoms with van der Waals surface area (Å²) in [4.78, 5) is 11.1. The first kappa shape index (κ1) is 14.3. The van der Waals surface area contributed by atoms with Crippen LogP contribution in [0.15, 0.2) is 5.16 Å². The van der Waals surface area contributed by atoms with E-state index in [-0.39, 0.29) is 0 Å². The van der Waals surface area contributed by atoms with Crippen LogP contribution in [0, 0.1) is 0 Å². The number of hydrogen-bond acceptors (Lipinski definition) is 6. The molecule has 1 amide bonds. The highest BCUT2D eigenvalue weighted by Crippen LogP contribution is 2.31. The summed E-state index contributed by atoms with van der Waals surface area (Å²) < 4.78 is 1.90. The van der Waals surface area contributed by atoms with Gasteiger partial charge in [-0.3, -0.25) is 4.79 Å². The van der Waals surface area contributed by atoms with Crippen LogP contribution in [-0.4, -0.2) is 37.4 Å². The molecule has 0 bridgehead atoms. The Morgan fingerprint density at radius 2 is 2.21 bits per heavy atom. The number of aromatic nitrogens is 4. The van der Waals surface area contributed by atoms with Crippen LogP contribution in [0.25, 0.3) is 0 Å². The minimum absolute atomic E-state index is 0.415. The molecule has 0 radical (unpaired) electrons. The molecule has 1 aromatic heterocycles. The predicted octanol–water partition coefficient (Wildman–Crippen LogP) is 0.473. The molecule has 0 spiro atoms. The number of nitrogens with zero attached hydrogens (tertiary/aromatic N) is 4. The number of thioether (sulfide) groups is 1. The summed E-state index contributed by atoms with van der Waals surface area (Å²) in [5.41, 5.74) is 10.1. The Balaban J connectivity index is 1.90. The van der Waals surface area contributed by atoms with E-state index in [4.69, 9.17) is 11.5 Å². The van der Waals surface area contributed by atoms with Crippen molar-refractivity contribution in [2.24, 2.45) is 11.5 Å². The number of carbonyl (C=O) groups excluding carboxylic acids is 1. The summed E-state index contributed by atoms with van der Waals surface area (Å²) in [5.74, 6) is 0.187.